The number of methoxy groups -OCH3 is 1. The smallest absolute Gasteiger partial charge is 0.416 e. The maximum Gasteiger partial charge on any atom is 0.416 e. The average Bonchev–Trinajstić information content (AvgIpc) is 3.34. The Bertz CT molecular complexity index is 1340. The van der Waals surface area contributed by atoms with E-state index in [2.05, 4.69) is 20.6 Å². The number of nitrogens with zero attached hydrogens (tertiary/aromatic N) is 3. The van der Waals surface area contributed by atoms with E-state index in [0.29, 0.717) is 17.1 Å². The number of nitrogens with one attached hydrogen (secondary N) is 2. The largest absolute Gasteiger partial charge is 0.495 e. The summed E-state index contributed by atoms with van der Waals surface area (Å²) in [6, 6.07) is 11.0. The van der Waals surface area contributed by atoms with Gasteiger partial charge in [-0.2, -0.15) is 13.2 Å². The molecule has 0 fully saturated rings. The van der Waals surface area contributed by atoms with Crippen molar-refractivity contribution in [2.75, 3.05) is 17.7 Å². The van der Waals surface area contributed by atoms with E-state index in [4.69, 9.17) is 10.5 Å². The zero-order valence-electron chi connectivity index (χ0n) is 18.5. The third-order valence-corrected chi connectivity index (χ3v) is 5.19. The molecule has 4 rings (SSSR count). The van der Waals surface area contributed by atoms with Crippen molar-refractivity contribution in [3.8, 4) is 22.8 Å². The fraction of sp³-hybridized carbons (Fsp3) is 0.125. The van der Waals surface area contributed by atoms with Gasteiger partial charge in [-0.1, -0.05) is 0 Å². The van der Waals surface area contributed by atoms with Gasteiger partial charge >= 0.3 is 12.2 Å². The topological polar surface area (TPSA) is 107 Å². The molecule has 0 radical (unpaired) electrons. The van der Waals surface area contributed by atoms with Gasteiger partial charge in [0.05, 0.1) is 18.4 Å². The standard InChI is InChI=1S/C24H21F3N6O2/c1-35-21-5-2-17(24(25,26)27)13-20(21)32-23(34)31-19-4-3-18(12-16(19)14-28)33-11-10-30-22(33)15-6-8-29-9-7-15/h2-13H,14,28H2,1H3,(H2,31,32,34). The van der Waals surface area contributed by atoms with Crippen LogP contribution in [0.2, 0.25) is 0 Å². The van der Waals surface area contributed by atoms with Crippen LogP contribution in [0.5, 0.6) is 5.75 Å². The molecular weight excluding hydrogens is 461 g/mol. The molecule has 4 aromatic rings. The van der Waals surface area contributed by atoms with E-state index >= 15 is 0 Å². The predicted octanol–water partition coefficient (Wildman–Crippen LogP) is 5.06. The van der Waals surface area contributed by atoms with Crippen LogP contribution in [0, 0.1) is 0 Å². The molecule has 4 N–H and O–H groups in total. The van der Waals surface area contributed by atoms with Gasteiger partial charge in [0.1, 0.15) is 11.6 Å². The second-order valence-corrected chi connectivity index (χ2v) is 7.39. The first-order valence-electron chi connectivity index (χ1n) is 10.4. The van der Waals surface area contributed by atoms with Gasteiger partial charge in [0, 0.05) is 48.3 Å². The second-order valence-electron chi connectivity index (χ2n) is 7.39. The van der Waals surface area contributed by atoms with E-state index in [1.165, 1.54) is 7.11 Å². The number of carbonyl (C=O) groups is 1. The molecule has 2 heterocycles. The van der Waals surface area contributed by atoms with E-state index in [1.54, 1.807) is 43.0 Å². The lowest BCUT2D eigenvalue weighted by molar-refractivity contribution is -0.137. The Morgan fingerprint density at radius 3 is 2.46 bits per heavy atom. The number of hydrogen-bond acceptors (Lipinski definition) is 5. The number of hydrogen-bond donors (Lipinski definition) is 3. The number of rotatable bonds is 6. The number of imidazole rings is 1. The number of urea groups is 1. The van der Waals surface area contributed by atoms with E-state index in [-0.39, 0.29) is 18.0 Å². The van der Waals surface area contributed by atoms with Crippen LogP contribution in [0.1, 0.15) is 11.1 Å². The Kier molecular flexibility index (Phi) is 6.69. The lowest BCUT2D eigenvalue weighted by Crippen LogP contribution is -2.21. The number of alkyl halides is 3. The molecule has 8 nitrogen and oxygen atoms in total. The minimum absolute atomic E-state index is 0.0892. The number of carbonyl (C=O) groups excluding carboxylic acids is 1. The van der Waals surface area contributed by atoms with Gasteiger partial charge in [0.15, 0.2) is 0 Å². The van der Waals surface area contributed by atoms with Crippen LogP contribution in [0.15, 0.2) is 73.3 Å². The predicted molar refractivity (Wildman–Crippen MR) is 125 cm³/mol. The highest BCUT2D eigenvalue weighted by molar-refractivity contribution is 6.01. The van der Waals surface area contributed by atoms with Gasteiger partial charge in [0.25, 0.3) is 0 Å². The summed E-state index contributed by atoms with van der Waals surface area (Å²) < 4.78 is 46.2. The van der Waals surface area contributed by atoms with Crippen molar-refractivity contribution in [3.63, 3.8) is 0 Å². The first-order valence-corrected chi connectivity index (χ1v) is 10.4. The molecule has 0 atom stereocenters. The number of nitrogens with two attached hydrogens (primary N) is 1. The molecule has 0 aliphatic rings. The summed E-state index contributed by atoms with van der Waals surface area (Å²) >= 11 is 0. The molecular formula is C24H21F3N6O2. The quantitative estimate of drug-likeness (QED) is 0.356. The first-order chi connectivity index (χ1) is 16.8. The zero-order chi connectivity index (χ0) is 25.0. The SMILES string of the molecule is COc1ccc(C(F)(F)F)cc1NC(=O)Nc1ccc(-n2ccnc2-c2ccncc2)cc1CN. The van der Waals surface area contributed by atoms with Gasteiger partial charge in [-0.3, -0.25) is 9.55 Å². The Balaban J connectivity index is 1.57. The van der Waals surface area contributed by atoms with Crippen LogP contribution in [0.3, 0.4) is 0 Å². The van der Waals surface area contributed by atoms with E-state index in [0.717, 1.165) is 29.4 Å². The van der Waals surface area contributed by atoms with Crippen LogP contribution in [0.4, 0.5) is 29.3 Å². The molecule has 0 aliphatic heterocycles. The number of ether oxygens (including phenoxy) is 1. The summed E-state index contributed by atoms with van der Waals surface area (Å²) in [4.78, 5) is 21.0. The average molecular weight is 482 g/mol. The summed E-state index contributed by atoms with van der Waals surface area (Å²) in [6.07, 6.45) is 2.24. The second kappa shape index (κ2) is 9.85. The van der Waals surface area contributed by atoms with Crippen LogP contribution >= 0.6 is 0 Å². The number of pyridine rings is 1. The lowest BCUT2D eigenvalue weighted by atomic mass is 10.1. The number of anilines is 2. The van der Waals surface area contributed by atoms with E-state index in [9.17, 15) is 18.0 Å². The van der Waals surface area contributed by atoms with Gasteiger partial charge in [-0.15, -0.1) is 0 Å². The fourth-order valence-electron chi connectivity index (χ4n) is 3.51. The summed E-state index contributed by atoms with van der Waals surface area (Å²) in [5, 5.41) is 5.05. The Hall–Kier alpha value is -4.38. The molecule has 2 amide bonds. The highest BCUT2D eigenvalue weighted by atomic mass is 19.4. The molecule has 35 heavy (non-hydrogen) atoms. The van der Waals surface area contributed by atoms with Crippen molar-refractivity contribution in [2.45, 2.75) is 12.7 Å². The zero-order valence-corrected chi connectivity index (χ0v) is 18.5. The minimum atomic E-state index is -4.57. The summed E-state index contributed by atoms with van der Waals surface area (Å²) in [6.45, 7) is 0.107. The van der Waals surface area contributed by atoms with Gasteiger partial charge in [-0.05, 0) is 54.1 Å². The van der Waals surface area contributed by atoms with Crippen LogP contribution < -0.4 is 21.1 Å². The molecule has 0 spiro atoms. The molecule has 0 bridgehead atoms. The number of halogens is 3. The van der Waals surface area contributed by atoms with E-state index < -0.39 is 17.8 Å². The van der Waals surface area contributed by atoms with Crippen molar-refractivity contribution in [2.24, 2.45) is 5.73 Å². The van der Waals surface area contributed by atoms with E-state index in [1.807, 2.05) is 16.7 Å². The number of aromatic nitrogens is 3. The Labute approximate surface area is 198 Å². The maximum atomic E-state index is 13.1. The van der Waals surface area contributed by atoms with Gasteiger partial charge < -0.3 is 21.1 Å². The summed E-state index contributed by atoms with van der Waals surface area (Å²) in [5.41, 5.74) is 7.54. The Morgan fingerprint density at radius 2 is 1.77 bits per heavy atom. The van der Waals surface area contributed by atoms with Crippen LogP contribution in [0.25, 0.3) is 17.1 Å². The molecule has 11 heteroatoms. The monoisotopic (exact) mass is 482 g/mol. The normalized spacial score (nSPS) is 11.2. The maximum absolute atomic E-state index is 13.1. The van der Waals surface area contributed by atoms with Gasteiger partial charge in [-0.25, -0.2) is 9.78 Å². The van der Waals surface area contributed by atoms with Crippen molar-refractivity contribution < 1.29 is 22.7 Å². The molecule has 0 aliphatic carbocycles. The fourth-order valence-corrected chi connectivity index (χ4v) is 3.51. The van der Waals surface area contributed by atoms with Crippen molar-refractivity contribution in [1.82, 2.24) is 14.5 Å². The van der Waals surface area contributed by atoms with Crippen LogP contribution in [-0.4, -0.2) is 27.7 Å². The third-order valence-electron chi connectivity index (χ3n) is 5.19. The number of benzene rings is 2. The molecule has 0 saturated carbocycles. The van der Waals surface area contributed by atoms with Crippen molar-refractivity contribution >= 4 is 17.4 Å². The molecule has 2 aromatic carbocycles. The summed E-state index contributed by atoms with van der Waals surface area (Å²) in [7, 11) is 1.30. The highest BCUT2D eigenvalue weighted by Crippen LogP contribution is 2.35. The molecule has 0 saturated heterocycles. The third kappa shape index (κ3) is 5.25. The summed E-state index contributed by atoms with van der Waals surface area (Å²) in [5.74, 6) is 0.789. The Morgan fingerprint density at radius 1 is 1.03 bits per heavy atom. The van der Waals surface area contributed by atoms with Crippen LogP contribution in [-0.2, 0) is 12.7 Å². The van der Waals surface area contributed by atoms with Crippen molar-refractivity contribution in [3.05, 3.63) is 84.4 Å². The van der Waals surface area contributed by atoms with Crippen molar-refractivity contribution in [1.29, 1.82) is 0 Å². The lowest BCUT2D eigenvalue weighted by Gasteiger charge is -2.16. The molecule has 180 valence electrons. The minimum Gasteiger partial charge on any atom is -0.495 e. The van der Waals surface area contributed by atoms with Gasteiger partial charge in [0.2, 0.25) is 0 Å². The number of amides is 2. The molecule has 2 aromatic heterocycles. The molecule has 0 unspecified atom stereocenters. The first kappa shape index (κ1) is 23.8. The highest BCUT2D eigenvalue weighted by Gasteiger charge is 2.31.